The molecular formula is C22H25N5O2. The van der Waals surface area contributed by atoms with E-state index in [-0.39, 0.29) is 23.1 Å². The van der Waals surface area contributed by atoms with Gasteiger partial charge in [-0.3, -0.25) is 19.7 Å². The zero-order valence-electron chi connectivity index (χ0n) is 17.0. The van der Waals surface area contributed by atoms with Crippen molar-refractivity contribution in [3.8, 4) is 11.1 Å². The SMILES string of the molecule is Cc1cnccc1-c1cn[nH]c1[C@@H]1CCCCN1C(=O)c1ccc(C)n(C)c1=O. The first-order valence-corrected chi connectivity index (χ1v) is 9.91. The van der Waals surface area contributed by atoms with Crippen LogP contribution in [0.25, 0.3) is 11.1 Å². The van der Waals surface area contributed by atoms with Crippen LogP contribution in [-0.2, 0) is 7.05 Å². The lowest BCUT2D eigenvalue weighted by molar-refractivity contribution is 0.0604. The minimum Gasteiger partial charge on any atom is -0.330 e. The molecule has 4 rings (SSSR count). The number of likely N-dealkylation sites (tertiary alicyclic amines) is 1. The predicted molar refractivity (Wildman–Crippen MR) is 111 cm³/mol. The molecule has 7 heteroatoms. The van der Waals surface area contributed by atoms with Crippen molar-refractivity contribution in [3.63, 3.8) is 0 Å². The third kappa shape index (κ3) is 3.37. The van der Waals surface area contributed by atoms with E-state index in [4.69, 9.17) is 0 Å². The minimum absolute atomic E-state index is 0.146. The number of nitrogens with zero attached hydrogens (tertiary/aromatic N) is 4. The first-order valence-electron chi connectivity index (χ1n) is 9.91. The summed E-state index contributed by atoms with van der Waals surface area (Å²) >= 11 is 0. The van der Waals surface area contributed by atoms with E-state index in [2.05, 4.69) is 15.2 Å². The molecule has 4 heterocycles. The highest BCUT2D eigenvalue weighted by atomic mass is 16.2. The average Bonchev–Trinajstić information content (AvgIpc) is 3.21. The third-order valence-corrected chi connectivity index (χ3v) is 5.86. The van der Waals surface area contributed by atoms with Crippen LogP contribution in [0.15, 0.2) is 41.6 Å². The van der Waals surface area contributed by atoms with E-state index >= 15 is 0 Å². The number of nitrogens with one attached hydrogen (secondary N) is 1. The first kappa shape index (κ1) is 19.1. The first-order chi connectivity index (χ1) is 14.0. The highest BCUT2D eigenvalue weighted by Crippen LogP contribution is 2.37. The number of aromatic nitrogens is 4. The van der Waals surface area contributed by atoms with Gasteiger partial charge in [0.1, 0.15) is 5.56 Å². The van der Waals surface area contributed by atoms with E-state index in [9.17, 15) is 9.59 Å². The summed E-state index contributed by atoms with van der Waals surface area (Å²) in [5.74, 6) is -0.220. The number of H-pyrrole nitrogens is 1. The summed E-state index contributed by atoms with van der Waals surface area (Å²) in [4.78, 5) is 32.1. The van der Waals surface area contributed by atoms with E-state index < -0.39 is 0 Å². The number of amides is 1. The molecule has 1 amide bonds. The van der Waals surface area contributed by atoms with Crippen molar-refractivity contribution >= 4 is 5.91 Å². The second kappa shape index (κ2) is 7.66. The number of piperidine rings is 1. The van der Waals surface area contributed by atoms with Crippen LogP contribution < -0.4 is 5.56 Å². The fourth-order valence-electron chi connectivity index (χ4n) is 4.06. The van der Waals surface area contributed by atoms with Crippen molar-refractivity contribution in [2.24, 2.45) is 7.05 Å². The van der Waals surface area contributed by atoms with Crippen LogP contribution in [0.5, 0.6) is 0 Å². The van der Waals surface area contributed by atoms with E-state index in [0.29, 0.717) is 6.54 Å². The molecule has 0 aliphatic carbocycles. The van der Waals surface area contributed by atoms with Crippen molar-refractivity contribution in [2.75, 3.05) is 6.54 Å². The zero-order chi connectivity index (χ0) is 20.5. The van der Waals surface area contributed by atoms with Crippen molar-refractivity contribution in [2.45, 2.75) is 39.2 Å². The summed E-state index contributed by atoms with van der Waals surface area (Å²) in [6.07, 6.45) is 8.17. The lowest BCUT2D eigenvalue weighted by Gasteiger charge is -2.35. The lowest BCUT2D eigenvalue weighted by Crippen LogP contribution is -2.41. The molecule has 29 heavy (non-hydrogen) atoms. The van der Waals surface area contributed by atoms with Crippen LogP contribution in [0.4, 0.5) is 0 Å². The lowest BCUT2D eigenvalue weighted by atomic mass is 9.93. The predicted octanol–water partition coefficient (Wildman–Crippen LogP) is 3.15. The van der Waals surface area contributed by atoms with Crippen LogP contribution in [0.2, 0.25) is 0 Å². The molecule has 3 aromatic rings. The summed E-state index contributed by atoms with van der Waals surface area (Å²) in [6.45, 7) is 4.49. The van der Waals surface area contributed by atoms with Crippen molar-refractivity contribution in [3.05, 3.63) is 69.7 Å². The second-order valence-electron chi connectivity index (χ2n) is 7.65. The topological polar surface area (TPSA) is 83.9 Å². The fraction of sp³-hybridized carbons (Fsp3) is 0.364. The highest BCUT2D eigenvalue weighted by molar-refractivity contribution is 5.94. The van der Waals surface area contributed by atoms with Gasteiger partial charge in [-0.2, -0.15) is 5.10 Å². The van der Waals surface area contributed by atoms with Gasteiger partial charge in [0.25, 0.3) is 11.5 Å². The number of hydrogen-bond donors (Lipinski definition) is 1. The number of hydrogen-bond acceptors (Lipinski definition) is 4. The quantitative estimate of drug-likeness (QED) is 0.743. The van der Waals surface area contributed by atoms with Crippen molar-refractivity contribution < 1.29 is 4.79 Å². The van der Waals surface area contributed by atoms with Crippen LogP contribution in [0.1, 0.15) is 52.6 Å². The van der Waals surface area contributed by atoms with Gasteiger partial charge in [0.2, 0.25) is 0 Å². The van der Waals surface area contributed by atoms with E-state index in [0.717, 1.165) is 47.3 Å². The monoisotopic (exact) mass is 391 g/mol. The molecule has 3 aromatic heterocycles. The maximum atomic E-state index is 13.4. The molecule has 0 bridgehead atoms. The van der Waals surface area contributed by atoms with Crippen LogP contribution in [-0.4, -0.2) is 37.1 Å². The van der Waals surface area contributed by atoms with Gasteiger partial charge < -0.3 is 9.47 Å². The van der Waals surface area contributed by atoms with Crippen molar-refractivity contribution in [1.82, 2.24) is 24.6 Å². The Morgan fingerprint density at radius 3 is 2.76 bits per heavy atom. The molecule has 150 valence electrons. The molecule has 1 aliphatic rings. The van der Waals surface area contributed by atoms with Gasteiger partial charge >= 0.3 is 0 Å². The Morgan fingerprint density at radius 1 is 1.14 bits per heavy atom. The summed E-state index contributed by atoms with van der Waals surface area (Å²) in [5, 5.41) is 7.40. The number of rotatable bonds is 3. The largest absolute Gasteiger partial charge is 0.330 e. The Morgan fingerprint density at radius 2 is 1.97 bits per heavy atom. The molecular weight excluding hydrogens is 366 g/mol. The van der Waals surface area contributed by atoms with Gasteiger partial charge in [-0.1, -0.05) is 0 Å². The van der Waals surface area contributed by atoms with Gasteiger partial charge in [-0.25, -0.2) is 0 Å². The molecule has 0 saturated carbocycles. The smallest absolute Gasteiger partial charge is 0.263 e. The number of pyridine rings is 2. The Kier molecular flexibility index (Phi) is 5.05. The Labute approximate surface area is 169 Å². The van der Waals surface area contributed by atoms with Gasteiger partial charge in [-0.05, 0) is 62.4 Å². The number of carbonyl (C=O) groups excluding carboxylic acids is 1. The van der Waals surface area contributed by atoms with E-state index in [1.807, 2.05) is 37.1 Å². The Hall–Kier alpha value is -3.22. The number of aromatic amines is 1. The molecule has 0 unspecified atom stereocenters. The summed E-state index contributed by atoms with van der Waals surface area (Å²) < 4.78 is 1.52. The molecule has 0 aromatic carbocycles. The Bertz CT molecular complexity index is 1110. The Balaban J connectivity index is 1.75. The van der Waals surface area contributed by atoms with Gasteiger partial charge in [-0.15, -0.1) is 0 Å². The van der Waals surface area contributed by atoms with Gasteiger partial charge in [0, 0.05) is 37.2 Å². The van der Waals surface area contributed by atoms with Crippen molar-refractivity contribution in [1.29, 1.82) is 0 Å². The molecule has 0 spiro atoms. The molecule has 1 fully saturated rings. The third-order valence-electron chi connectivity index (χ3n) is 5.86. The molecule has 1 saturated heterocycles. The van der Waals surface area contributed by atoms with Gasteiger partial charge in [0.05, 0.1) is 17.9 Å². The normalized spacial score (nSPS) is 16.8. The maximum Gasteiger partial charge on any atom is 0.263 e. The van der Waals surface area contributed by atoms with Crippen LogP contribution in [0.3, 0.4) is 0 Å². The van der Waals surface area contributed by atoms with E-state index in [1.165, 1.54) is 4.57 Å². The molecule has 1 atom stereocenters. The second-order valence-corrected chi connectivity index (χ2v) is 7.65. The van der Waals surface area contributed by atoms with Gasteiger partial charge in [0.15, 0.2) is 0 Å². The summed E-state index contributed by atoms with van der Waals surface area (Å²) in [5.41, 5.74) is 4.78. The summed E-state index contributed by atoms with van der Waals surface area (Å²) in [7, 11) is 1.70. The zero-order valence-corrected chi connectivity index (χ0v) is 17.0. The summed E-state index contributed by atoms with van der Waals surface area (Å²) in [6, 6.07) is 5.28. The highest BCUT2D eigenvalue weighted by Gasteiger charge is 2.33. The standard InChI is InChI=1S/C22H25N5O2/c1-14-12-23-10-9-16(14)18-13-24-25-20(18)19-6-4-5-11-27(19)22(29)17-8-7-15(2)26(3)21(17)28/h7-10,12-13,19H,4-6,11H2,1-3H3,(H,24,25)/t19-/m0/s1. The van der Waals surface area contributed by atoms with Crippen LogP contribution >= 0.6 is 0 Å². The maximum absolute atomic E-state index is 13.4. The molecule has 0 radical (unpaired) electrons. The number of aryl methyl sites for hydroxylation is 2. The molecule has 1 aliphatic heterocycles. The minimum atomic E-state index is -0.255. The molecule has 7 nitrogen and oxygen atoms in total. The van der Waals surface area contributed by atoms with Crippen LogP contribution in [0, 0.1) is 13.8 Å². The average molecular weight is 391 g/mol. The fourth-order valence-corrected chi connectivity index (χ4v) is 4.06. The molecule has 1 N–H and O–H groups in total. The van der Waals surface area contributed by atoms with E-state index in [1.54, 1.807) is 25.5 Å². The number of carbonyl (C=O) groups is 1.